The molecule has 0 radical (unpaired) electrons. The summed E-state index contributed by atoms with van der Waals surface area (Å²) in [6.07, 6.45) is 2.94. The molecule has 3 aromatic rings. The number of nitrogens with one attached hydrogen (secondary N) is 1. The highest BCUT2D eigenvalue weighted by molar-refractivity contribution is 7.89. The third-order valence-electron chi connectivity index (χ3n) is 4.38. The quantitative estimate of drug-likeness (QED) is 0.600. The van der Waals surface area contributed by atoms with Crippen molar-refractivity contribution in [2.24, 2.45) is 0 Å². The van der Waals surface area contributed by atoms with E-state index in [1.807, 2.05) is 0 Å². The Morgan fingerprint density at radius 3 is 2.41 bits per heavy atom. The highest BCUT2D eigenvalue weighted by atomic mass is 35.5. The second-order valence-electron chi connectivity index (χ2n) is 6.13. The molecule has 0 unspecified atom stereocenters. The topological polar surface area (TPSA) is 92.5 Å². The van der Waals surface area contributed by atoms with Gasteiger partial charge in [0.1, 0.15) is 4.90 Å². The highest BCUT2D eigenvalue weighted by Gasteiger charge is 2.25. The fourth-order valence-corrected chi connectivity index (χ4v) is 4.78. The zero-order valence-corrected chi connectivity index (χ0v) is 17.5. The van der Waals surface area contributed by atoms with Gasteiger partial charge in [0, 0.05) is 29.9 Å². The first-order valence-corrected chi connectivity index (χ1v) is 10.8. The third kappa shape index (κ3) is 4.50. The summed E-state index contributed by atoms with van der Waals surface area (Å²) >= 11 is 6.12. The van der Waals surface area contributed by atoms with Gasteiger partial charge in [-0.15, -0.1) is 0 Å². The first kappa shape index (κ1) is 21.0. The molecule has 7 nitrogen and oxygen atoms in total. The number of sulfonamides is 1. The minimum Gasteiger partial charge on any atom is -0.444 e. The predicted octanol–water partition coefficient (Wildman–Crippen LogP) is 4.28. The summed E-state index contributed by atoms with van der Waals surface area (Å²) in [7, 11) is -3.79. The number of benzene rings is 2. The molecule has 3 rings (SSSR count). The number of hydrogen-bond acceptors (Lipinski definition) is 5. The molecule has 0 aliphatic heterocycles. The Bertz CT molecular complexity index is 1090. The fraction of sp³-hybridized carbons (Fsp3) is 0.200. The van der Waals surface area contributed by atoms with E-state index in [1.165, 1.54) is 28.9 Å². The van der Waals surface area contributed by atoms with E-state index in [0.29, 0.717) is 24.5 Å². The lowest BCUT2D eigenvalue weighted by Crippen LogP contribution is -2.31. The summed E-state index contributed by atoms with van der Waals surface area (Å²) in [5.41, 5.74) is 1.57. The van der Waals surface area contributed by atoms with Crippen molar-refractivity contribution in [1.29, 1.82) is 0 Å². The van der Waals surface area contributed by atoms with Crippen LogP contribution >= 0.6 is 11.6 Å². The van der Waals surface area contributed by atoms with E-state index >= 15 is 0 Å². The molecule has 0 fully saturated rings. The van der Waals surface area contributed by atoms with Crippen LogP contribution in [0, 0.1) is 0 Å². The van der Waals surface area contributed by atoms with E-state index in [1.54, 1.807) is 44.3 Å². The Labute approximate surface area is 174 Å². The first-order chi connectivity index (χ1) is 13.9. The smallest absolute Gasteiger partial charge is 0.255 e. The lowest BCUT2D eigenvalue weighted by atomic mass is 10.1. The molecule has 29 heavy (non-hydrogen) atoms. The van der Waals surface area contributed by atoms with Gasteiger partial charge >= 0.3 is 0 Å². The van der Waals surface area contributed by atoms with Gasteiger partial charge in [-0.1, -0.05) is 25.4 Å². The van der Waals surface area contributed by atoms with Crippen molar-refractivity contribution in [3.05, 3.63) is 65.6 Å². The standard InChI is InChI=1S/C20H20ClN3O4S/c1-3-24(4-2)29(26,27)19-11-15(7-10-17(19)21)20(25)23-16-8-5-14(6-9-16)18-12-22-13-28-18/h5-13H,3-4H2,1-2H3,(H,23,25). The molecule has 1 N–H and O–H groups in total. The summed E-state index contributed by atoms with van der Waals surface area (Å²) in [6, 6.07) is 11.2. The van der Waals surface area contributed by atoms with Crippen molar-refractivity contribution < 1.29 is 17.6 Å². The second-order valence-corrected chi connectivity index (χ2v) is 8.45. The first-order valence-electron chi connectivity index (χ1n) is 8.96. The number of carbonyl (C=O) groups is 1. The largest absolute Gasteiger partial charge is 0.444 e. The molecule has 1 aromatic heterocycles. The van der Waals surface area contributed by atoms with Gasteiger partial charge in [0.05, 0.1) is 11.2 Å². The molecule has 1 amide bonds. The van der Waals surface area contributed by atoms with Gasteiger partial charge in [0.15, 0.2) is 12.2 Å². The average Bonchev–Trinajstić information content (AvgIpc) is 3.24. The molecule has 9 heteroatoms. The molecular formula is C20H20ClN3O4S. The van der Waals surface area contributed by atoms with Crippen LogP contribution in [0.2, 0.25) is 5.02 Å². The van der Waals surface area contributed by atoms with E-state index in [-0.39, 0.29) is 15.5 Å². The molecular weight excluding hydrogens is 414 g/mol. The minimum absolute atomic E-state index is 0.0739. The molecule has 0 saturated heterocycles. The van der Waals surface area contributed by atoms with Gasteiger partial charge in [-0.05, 0) is 42.5 Å². The number of halogens is 1. The maximum atomic E-state index is 12.8. The van der Waals surface area contributed by atoms with Crippen molar-refractivity contribution in [3.8, 4) is 11.3 Å². The van der Waals surface area contributed by atoms with Crippen molar-refractivity contribution >= 4 is 33.2 Å². The van der Waals surface area contributed by atoms with Gasteiger partial charge in [0.2, 0.25) is 10.0 Å². The van der Waals surface area contributed by atoms with E-state index in [0.717, 1.165) is 5.56 Å². The van der Waals surface area contributed by atoms with Gasteiger partial charge in [-0.3, -0.25) is 4.79 Å². The minimum atomic E-state index is -3.79. The molecule has 0 atom stereocenters. The average molecular weight is 434 g/mol. The molecule has 0 spiro atoms. The van der Waals surface area contributed by atoms with E-state index in [4.69, 9.17) is 16.0 Å². The van der Waals surface area contributed by atoms with Crippen LogP contribution in [-0.4, -0.2) is 36.7 Å². The second kappa shape index (κ2) is 8.77. The third-order valence-corrected chi connectivity index (χ3v) is 6.91. The number of anilines is 1. The molecule has 0 aliphatic rings. The zero-order valence-electron chi connectivity index (χ0n) is 15.9. The van der Waals surface area contributed by atoms with Gasteiger partial charge in [0.25, 0.3) is 5.91 Å². The maximum absolute atomic E-state index is 12.8. The predicted molar refractivity (Wildman–Crippen MR) is 111 cm³/mol. The molecule has 0 saturated carbocycles. The number of carbonyl (C=O) groups excluding carboxylic acids is 1. The van der Waals surface area contributed by atoms with Crippen LogP contribution in [0.5, 0.6) is 0 Å². The van der Waals surface area contributed by atoms with Gasteiger partial charge < -0.3 is 9.73 Å². The van der Waals surface area contributed by atoms with Crippen LogP contribution in [0.15, 0.2) is 64.4 Å². The van der Waals surface area contributed by atoms with Crippen molar-refractivity contribution in [2.75, 3.05) is 18.4 Å². The Morgan fingerprint density at radius 1 is 1.14 bits per heavy atom. The summed E-state index contributed by atoms with van der Waals surface area (Å²) in [6.45, 7) is 4.11. The molecule has 1 heterocycles. The van der Waals surface area contributed by atoms with Crippen LogP contribution in [0.25, 0.3) is 11.3 Å². The SMILES string of the molecule is CCN(CC)S(=O)(=O)c1cc(C(=O)Nc2ccc(-c3cnco3)cc2)ccc1Cl. The summed E-state index contributed by atoms with van der Waals surface area (Å²) in [4.78, 5) is 16.4. The van der Waals surface area contributed by atoms with Crippen LogP contribution in [-0.2, 0) is 10.0 Å². The Kier molecular flexibility index (Phi) is 6.36. The number of amides is 1. The number of aromatic nitrogens is 1. The molecule has 152 valence electrons. The lowest BCUT2D eigenvalue weighted by Gasteiger charge is -2.19. The van der Waals surface area contributed by atoms with E-state index in [9.17, 15) is 13.2 Å². The number of rotatable bonds is 7. The fourth-order valence-electron chi connectivity index (χ4n) is 2.82. The summed E-state index contributed by atoms with van der Waals surface area (Å²) in [5.74, 6) is 0.178. The van der Waals surface area contributed by atoms with Gasteiger partial charge in [-0.2, -0.15) is 4.31 Å². The van der Waals surface area contributed by atoms with Crippen LogP contribution in [0.1, 0.15) is 24.2 Å². The summed E-state index contributed by atoms with van der Waals surface area (Å²) < 4.78 is 32.1. The monoisotopic (exact) mass is 433 g/mol. The van der Waals surface area contributed by atoms with Crippen molar-refractivity contribution in [3.63, 3.8) is 0 Å². The van der Waals surface area contributed by atoms with E-state index in [2.05, 4.69) is 10.3 Å². The van der Waals surface area contributed by atoms with E-state index < -0.39 is 15.9 Å². The number of oxazole rings is 1. The Morgan fingerprint density at radius 2 is 1.83 bits per heavy atom. The van der Waals surface area contributed by atoms with Crippen LogP contribution in [0.3, 0.4) is 0 Å². The highest BCUT2D eigenvalue weighted by Crippen LogP contribution is 2.27. The number of nitrogens with zero attached hydrogens (tertiary/aromatic N) is 2. The normalized spacial score (nSPS) is 11.6. The summed E-state index contributed by atoms with van der Waals surface area (Å²) in [5, 5.41) is 2.82. The lowest BCUT2D eigenvalue weighted by molar-refractivity contribution is 0.102. The zero-order chi connectivity index (χ0) is 21.0. The van der Waals surface area contributed by atoms with Crippen LogP contribution < -0.4 is 5.32 Å². The van der Waals surface area contributed by atoms with Crippen molar-refractivity contribution in [1.82, 2.24) is 9.29 Å². The van der Waals surface area contributed by atoms with Gasteiger partial charge in [-0.25, -0.2) is 13.4 Å². The molecule has 0 bridgehead atoms. The Hall–Kier alpha value is -2.68. The van der Waals surface area contributed by atoms with Crippen molar-refractivity contribution in [2.45, 2.75) is 18.7 Å². The number of hydrogen-bond donors (Lipinski definition) is 1. The Balaban J connectivity index is 1.83. The molecule has 2 aromatic carbocycles. The van der Waals surface area contributed by atoms with Crippen LogP contribution in [0.4, 0.5) is 5.69 Å². The maximum Gasteiger partial charge on any atom is 0.255 e. The molecule has 0 aliphatic carbocycles.